The Balaban J connectivity index is 1.75. The molecule has 1 aliphatic heterocycles. The topological polar surface area (TPSA) is 92.5 Å². The van der Waals surface area contributed by atoms with Gasteiger partial charge in [-0.05, 0) is 38.5 Å². The third-order valence-electron chi connectivity index (χ3n) is 4.41. The molecule has 0 bridgehead atoms. The van der Waals surface area contributed by atoms with Crippen molar-refractivity contribution in [2.45, 2.75) is 50.6 Å². The Morgan fingerprint density at radius 2 is 1.90 bits per heavy atom. The number of amides is 2. The molecular formula is C14H23N3O3. The number of rotatable bonds is 5. The van der Waals surface area contributed by atoms with Crippen molar-refractivity contribution in [3.63, 3.8) is 0 Å². The highest BCUT2D eigenvalue weighted by Gasteiger charge is 2.32. The van der Waals surface area contributed by atoms with Gasteiger partial charge < -0.3 is 20.7 Å². The van der Waals surface area contributed by atoms with Gasteiger partial charge in [-0.3, -0.25) is 9.59 Å². The summed E-state index contributed by atoms with van der Waals surface area (Å²) in [6.45, 7) is 0.867. The van der Waals surface area contributed by atoms with Crippen molar-refractivity contribution in [3.8, 4) is 0 Å². The Kier molecular flexibility index (Phi) is 5.11. The lowest BCUT2D eigenvalue weighted by Gasteiger charge is -2.28. The molecule has 2 amide bonds. The van der Waals surface area contributed by atoms with Crippen LogP contribution in [0.5, 0.6) is 0 Å². The molecule has 2 fully saturated rings. The Morgan fingerprint density at radius 1 is 1.20 bits per heavy atom. The number of nitrogens with zero attached hydrogens (tertiary/aromatic N) is 1. The van der Waals surface area contributed by atoms with E-state index in [1.807, 2.05) is 0 Å². The van der Waals surface area contributed by atoms with Gasteiger partial charge in [0.25, 0.3) is 0 Å². The monoisotopic (exact) mass is 281 g/mol. The number of nitrogens with two attached hydrogens (primary N) is 1. The summed E-state index contributed by atoms with van der Waals surface area (Å²) in [4.78, 5) is 35.7. The van der Waals surface area contributed by atoms with Gasteiger partial charge in [0.05, 0.1) is 6.54 Å². The lowest BCUT2D eigenvalue weighted by atomic mass is 9.87. The molecule has 0 spiro atoms. The number of hydrogen-bond acceptors (Lipinski definition) is 4. The van der Waals surface area contributed by atoms with Crippen LogP contribution in [-0.2, 0) is 14.4 Å². The summed E-state index contributed by atoms with van der Waals surface area (Å²) in [6.07, 6.45) is 6.18. The number of aldehydes is 1. The minimum Gasteiger partial charge on any atom is -0.368 e. The van der Waals surface area contributed by atoms with Crippen LogP contribution < -0.4 is 11.1 Å². The second-order valence-corrected chi connectivity index (χ2v) is 5.78. The molecule has 1 atom stereocenters. The minimum atomic E-state index is -0.435. The van der Waals surface area contributed by atoms with Crippen LogP contribution in [0.1, 0.15) is 38.5 Å². The van der Waals surface area contributed by atoms with E-state index < -0.39 is 11.9 Å². The van der Waals surface area contributed by atoms with Gasteiger partial charge in [-0.25, -0.2) is 0 Å². The van der Waals surface area contributed by atoms with Gasteiger partial charge in [0.1, 0.15) is 12.3 Å². The summed E-state index contributed by atoms with van der Waals surface area (Å²) in [5.74, 6) is -0.285. The second-order valence-electron chi connectivity index (χ2n) is 5.78. The SMILES string of the molecule is NC(=O)[C@@H]1CCCN1C(=O)CNC1CCC(C=O)CC1. The minimum absolute atomic E-state index is 0.0520. The van der Waals surface area contributed by atoms with Gasteiger partial charge in [-0.15, -0.1) is 0 Å². The molecule has 0 aromatic carbocycles. The molecule has 0 radical (unpaired) electrons. The van der Waals surface area contributed by atoms with Crippen molar-refractivity contribution in [2.75, 3.05) is 13.1 Å². The molecule has 0 aromatic rings. The molecule has 112 valence electrons. The average Bonchev–Trinajstić information content (AvgIpc) is 2.95. The Bertz CT molecular complexity index is 378. The zero-order valence-corrected chi connectivity index (χ0v) is 11.7. The van der Waals surface area contributed by atoms with Gasteiger partial charge in [-0.1, -0.05) is 0 Å². The lowest BCUT2D eigenvalue weighted by molar-refractivity contribution is -0.136. The molecule has 2 rings (SSSR count). The summed E-state index contributed by atoms with van der Waals surface area (Å²) in [7, 11) is 0. The predicted octanol–water partition coefficient (Wildman–Crippen LogP) is -0.190. The fourth-order valence-electron chi connectivity index (χ4n) is 3.15. The smallest absolute Gasteiger partial charge is 0.240 e. The van der Waals surface area contributed by atoms with Gasteiger partial charge >= 0.3 is 0 Å². The van der Waals surface area contributed by atoms with Crippen molar-refractivity contribution < 1.29 is 14.4 Å². The Morgan fingerprint density at radius 3 is 2.50 bits per heavy atom. The van der Waals surface area contributed by atoms with Crippen molar-refractivity contribution >= 4 is 18.1 Å². The molecule has 3 N–H and O–H groups in total. The summed E-state index contributed by atoms with van der Waals surface area (Å²) >= 11 is 0. The van der Waals surface area contributed by atoms with E-state index in [-0.39, 0.29) is 18.4 Å². The predicted molar refractivity (Wildman–Crippen MR) is 73.7 cm³/mol. The first kappa shape index (κ1) is 15.0. The number of hydrogen-bond donors (Lipinski definition) is 2. The summed E-state index contributed by atoms with van der Waals surface area (Å²) < 4.78 is 0. The number of carbonyl (C=O) groups is 3. The normalized spacial score (nSPS) is 30.2. The van der Waals surface area contributed by atoms with Crippen LogP contribution in [-0.4, -0.2) is 48.2 Å². The van der Waals surface area contributed by atoms with Crippen LogP contribution in [0.4, 0.5) is 0 Å². The van der Waals surface area contributed by atoms with E-state index in [2.05, 4.69) is 5.32 Å². The van der Waals surface area contributed by atoms with E-state index >= 15 is 0 Å². The first-order valence-electron chi connectivity index (χ1n) is 7.39. The van der Waals surface area contributed by atoms with Crippen LogP contribution in [0, 0.1) is 5.92 Å². The van der Waals surface area contributed by atoms with E-state index in [4.69, 9.17) is 5.73 Å². The van der Waals surface area contributed by atoms with E-state index in [1.165, 1.54) is 0 Å². The fraction of sp³-hybridized carbons (Fsp3) is 0.786. The quantitative estimate of drug-likeness (QED) is 0.683. The number of carbonyl (C=O) groups excluding carboxylic acids is 3. The van der Waals surface area contributed by atoms with E-state index in [1.54, 1.807) is 4.90 Å². The van der Waals surface area contributed by atoms with Crippen LogP contribution in [0.25, 0.3) is 0 Å². The molecule has 1 heterocycles. The zero-order valence-electron chi connectivity index (χ0n) is 11.7. The number of nitrogens with one attached hydrogen (secondary N) is 1. The maximum Gasteiger partial charge on any atom is 0.240 e. The first-order chi connectivity index (χ1) is 9.61. The molecule has 0 aromatic heterocycles. The molecule has 1 aliphatic carbocycles. The van der Waals surface area contributed by atoms with E-state index in [9.17, 15) is 14.4 Å². The van der Waals surface area contributed by atoms with Crippen molar-refractivity contribution in [3.05, 3.63) is 0 Å². The zero-order chi connectivity index (χ0) is 14.5. The number of likely N-dealkylation sites (tertiary alicyclic amines) is 1. The van der Waals surface area contributed by atoms with Gasteiger partial charge in [-0.2, -0.15) is 0 Å². The molecular weight excluding hydrogens is 258 g/mol. The molecule has 0 unspecified atom stereocenters. The van der Waals surface area contributed by atoms with Crippen LogP contribution in [0.15, 0.2) is 0 Å². The highest BCUT2D eigenvalue weighted by molar-refractivity contribution is 5.88. The Labute approximate surface area is 119 Å². The van der Waals surface area contributed by atoms with Gasteiger partial charge in [0.2, 0.25) is 11.8 Å². The second kappa shape index (κ2) is 6.83. The van der Waals surface area contributed by atoms with Crippen molar-refractivity contribution in [2.24, 2.45) is 11.7 Å². The summed E-state index contributed by atoms with van der Waals surface area (Å²) in [5.41, 5.74) is 5.31. The van der Waals surface area contributed by atoms with Crippen molar-refractivity contribution in [1.82, 2.24) is 10.2 Å². The Hall–Kier alpha value is -1.43. The summed E-state index contributed by atoms with van der Waals surface area (Å²) in [6, 6.07) is -0.139. The van der Waals surface area contributed by atoms with Crippen LogP contribution in [0.2, 0.25) is 0 Å². The molecule has 20 heavy (non-hydrogen) atoms. The maximum absolute atomic E-state index is 12.1. The molecule has 6 heteroatoms. The van der Waals surface area contributed by atoms with E-state index in [0.29, 0.717) is 19.0 Å². The number of primary amides is 1. The molecule has 6 nitrogen and oxygen atoms in total. The van der Waals surface area contributed by atoms with Gasteiger partial charge in [0, 0.05) is 18.5 Å². The van der Waals surface area contributed by atoms with E-state index in [0.717, 1.165) is 38.4 Å². The molecule has 1 saturated carbocycles. The standard InChI is InChI=1S/C14H23N3O3/c15-14(20)12-2-1-7-17(12)13(19)8-16-11-5-3-10(9-18)4-6-11/h9-12,16H,1-8H2,(H2,15,20)/t10?,11?,12-/m0/s1. The fourth-order valence-corrected chi connectivity index (χ4v) is 3.15. The van der Waals surface area contributed by atoms with Gasteiger partial charge in [0.15, 0.2) is 0 Å². The maximum atomic E-state index is 12.1. The molecule has 2 aliphatic rings. The average molecular weight is 281 g/mol. The van der Waals surface area contributed by atoms with Crippen LogP contribution in [0.3, 0.4) is 0 Å². The first-order valence-corrected chi connectivity index (χ1v) is 7.39. The highest BCUT2D eigenvalue weighted by atomic mass is 16.2. The molecule has 1 saturated heterocycles. The van der Waals surface area contributed by atoms with Crippen molar-refractivity contribution in [1.29, 1.82) is 0 Å². The third-order valence-corrected chi connectivity index (χ3v) is 4.41. The third kappa shape index (κ3) is 3.56. The van der Waals surface area contributed by atoms with Crippen LogP contribution >= 0.6 is 0 Å². The lowest BCUT2D eigenvalue weighted by Crippen LogP contribution is -2.48. The summed E-state index contributed by atoms with van der Waals surface area (Å²) in [5, 5.41) is 3.24. The highest BCUT2D eigenvalue weighted by Crippen LogP contribution is 2.22. The largest absolute Gasteiger partial charge is 0.368 e.